The molecule has 2 heterocycles. The highest BCUT2D eigenvalue weighted by atomic mass is 16.3. The quantitative estimate of drug-likeness (QED) is 0.333. The number of aromatic hydroxyl groups is 1. The van der Waals surface area contributed by atoms with E-state index >= 15 is 0 Å². The summed E-state index contributed by atoms with van der Waals surface area (Å²) in [6, 6.07) is 6.80. The minimum Gasteiger partial charge on any atom is -0.507 e. The van der Waals surface area contributed by atoms with Gasteiger partial charge in [-0.05, 0) is 18.6 Å². The largest absolute Gasteiger partial charge is 0.507 e. The van der Waals surface area contributed by atoms with Crippen LogP contribution in [0.1, 0.15) is 31.7 Å². The molecule has 0 aliphatic carbocycles. The van der Waals surface area contributed by atoms with Gasteiger partial charge < -0.3 is 9.67 Å². The Kier molecular flexibility index (Phi) is 5.39. The fourth-order valence-corrected chi connectivity index (χ4v) is 2.81. The summed E-state index contributed by atoms with van der Waals surface area (Å²) in [7, 11) is 1.55. The molecule has 0 fully saturated rings. The lowest BCUT2D eigenvalue weighted by Gasteiger charge is -2.07. The Labute approximate surface area is 155 Å². The van der Waals surface area contributed by atoms with Gasteiger partial charge >= 0.3 is 5.69 Å². The number of H-pyrrole nitrogens is 1. The highest BCUT2D eigenvalue weighted by Gasteiger charge is 2.16. The molecule has 0 radical (unpaired) electrons. The molecule has 0 bridgehead atoms. The number of fused-ring (bicyclic) bond motifs is 1. The number of imidazole rings is 1. The Morgan fingerprint density at radius 2 is 2.07 bits per heavy atom. The van der Waals surface area contributed by atoms with Crippen molar-refractivity contribution >= 4 is 23.3 Å². The number of para-hydroxylation sites is 1. The Morgan fingerprint density at radius 3 is 2.81 bits per heavy atom. The third kappa shape index (κ3) is 3.76. The maximum absolute atomic E-state index is 12.3. The first-order chi connectivity index (χ1) is 13.0. The second-order valence-corrected chi connectivity index (χ2v) is 6.21. The molecule has 3 aromatic rings. The van der Waals surface area contributed by atoms with E-state index in [1.54, 1.807) is 35.9 Å². The average molecular weight is 370 g/mol. The van der Waals surface area contributed by atoms with E-state index in [4.69, 9.17) is 0 Å². The fourth-order valence-electron chi connectivity index (χ4n) is 2.81. The van der Waals surface area contributed by atoms with Gasteiger partial charge in [-0.2, -0.15) is 10.1 Å². The monoisotopic (exact) mass is 370 g/mol. The minimum absolute atomic E-state index is 0.110. The molecule has 0 atom stereocenters. The van der Waals surface area contributed by atoms with Crippen molar-refractivity contribution in [1.82, 2.24) is 19.1 Å². The van der Waals surface area contributed by atoms with Crippen LogP contribution in [0.5, 0.6) is 5.75 Å². The van der Waals surface area contributed by atoms with E-state index in [1.165, 1.54) is 10.8 Å². The number of phenols is 1. The predicted octanol–water partition coefficient (Wildman–Crippen LogP) is 1.77. The topological polar surface area (TPSA) is 117 Å². The van der Waals surface area contributed by atoms with Crippen LogP contribution in [-0.2, 0) is 13.6 Å². The molecule has 2 aromatic heterocycles. The molecule has 1 aromatic carbocycles. The number of aromatic amines is 1. The zero-order valence-corrected chi connectivity index (χ0v) is 15.3. The van der Waals surface area contributed by atoms with Gasteiger partial charge in [0.1, 0.15) is 5.75 Å². The van der Waals surface area contributed by atoms with Crippen molar-refractivity contribution in [2.24, 2.45) is 12.1 Å². The van der Waals surface area contributed by atoms with Gasteiger partial charge in [-0.1, -0.05) is 31.9 Å². The molecular weight excluding hydrogens is 348 g/mol. The number of phenolic OH excluding ortho intramolecular Hbond substituents is 1. The highest BCUT2D eigenvalue weighted by molar-refractivity contribution is 5.83. The van der Waals surface area contributed by atoms with Crippen molar-refractivity contribution in [3.8, 4) is 5.75 Å². The minimum atomic E-state index is -0.519. The van der Waals surface area contributed by atoms with Crippen LogP contribution in [0.15, 0.2) is 39.0 Å². The van der Waals surface area contributed by atoms with E-state index in [0.29, 0.717) is 29.2 Å². The molecule has 9 heteroatoms. The molecule has 3 rings (SSSR count). The lowest BCUT2D eigenvalue weighted by molar-refractivity contribution is 0.474. The summed E-state index contributed by atoms with van der Waals surface area (Å²) in [6.45, 7) is 2.67. The zero-order valence-electron chi connectivity index (χ0n) is 15.3. The standard InChI is InChI=1S/C18H22N6O3/c1-3-4-7-10-24-14-15(23(2)18(27)21-16(14)26)20-17(24)22-19-11-12-8-5-6-9-13(12)25/h5-6,8-9,11,25H,3-4,7,10H2,1-2H3,(H,20,22)(H,21,26,27)/b19-11-. The van der Waals surface area contributed by atoms with Gasteiger partial charge in [-0.15, -0.1) is 0 Å². The van der Waals surface area contributed by atoms with Crippen molar-refractivity contribution in [2.75, 3.05) is 5.43 Å². The maximum atomic E-state index is 12.3. The lowest BCUT2D eigenvalue weighted by atomic mass is 10.2. The molecule has 3 N–H and O–H groups in total. The number of hydrogen-bond acceptors (Lipinski definition) is 6. The Hall–Kier alpha value is -3.36. The van der Waals surface area contributed by atoms with Crippen molar-refractivity contribution in [1.29, 1.82) is 0 Å². The van der Waals surface area contributed by atoms with E-state index < -0.39 is 11.2 Å². The summed E-state index contributed by atoms with van der Waals surface area (Å²) in [4.78, 5) is 30.9. The van der Waals surface area contributed by atoms with Crippen LogP contribution in [-0.4, -0.2) is 30.4 Å². The maximum Gasteiger partial charge on any atom is 0.329 e. The first-order valence-electron chi connectivity index (χ1n) is 8.79. The number of nitrogens with zero attached hydrogens (tertiary/aromatic N) is 4. The van der Waals surface area contributed by atoms with E-state index in [1.807, 2.05) is 0 Å². The first kappa shape index (κ1) is 18.4. The number of unbranched alkanes of at least 4 members (excludes halogenated alkanes) is 2. The summed E-state index contributed by atoms with van der Waals surface area (Å²) in [5.41, 5.74) is 2.99. The number of anilines is 1. The molecule has 0 spiro atoms. The van der Waals surface area contributed by atoms with Crippen LogP contribution < -0.4 is 16.7 Å². The van der Waals surface area contributed by atoms with Gasteiger partial charge in [-0.3, -0.25) is 14.3 Å². The smallest absolute Gasteiger partial charge is 0.329 e. The molecule has 0 aliphatic heterocycles. The second kappa shape index (κ2) is 7.90. The van der Waals surface area contributed by atoms with Gasteiger partial charge in [0.05, 0.1) is 6.21 Å². The highest BCUT2D eigenvalue weighted by Crippen LogP contribution is 2.17. The van der Waals surface area contributed by atoms with E-state index in [2.05, 4.69) is 27.4 Å². The van der Waals surface area contributed by atoms with Gasteiger partial charge in [0.2, 0.25) is 5.95 Å². The molecular formula is C18H22N6O3. The van der Waals surface area contributed by atoms with Gasteiger partial charge in [-0.25, -0.2) is 10.2 Å². The van der Waals surface area contributed by atoms with E-state index in [9.17, 15) is 14.7 Å². The van der Waals surface area contributed by atoms with Crippen molar-refractivity contribution in [3.05, 3.63) is 50.7 Å². The first-order valence-corrected chi connectivity index (χ1v) is 8.79. The van der Waals surface area contributed by atoms with Crippen molar-refractivity contribution < 1.29 is 5.11 Å². The Morgan fingerprint density at radius 1 is 1.30 bits per heavy atom. The number of aryl methyl sites for hydroxylation is 2. The van der Waals surface area contributed by atoms with Crippen LogP contribution in [0.3, 0.4) is 0 Å². The van der Waals surface area contributed by atoms with Gasteiger partial charge in [0, 0.05) is 19.2 Å². The second-order valence-electron chi connectivity index (χ2n) is 6.21. The molecule has 9 nitrogen and oxygen atoms in total. The Balaban J connectivity index is 2.00. The van der Waals surface area contributed by atoms with Crippen LogP contribution in [0.25, 0.3) is 11.2 Å². The third-order valence-corrected chi connectivity index (χ3v) is 4.30. The summed E-state index contributed by atoms with van der Waals surface area (Å²) >= 11 is 0. The predicted molar refractivity (Wildman–Crippen MR) is 104 cm³/mol. The molecule has 0 saturated carbocycles. The summed E-state index contributed by atoms with van der Waals surface area (Å²) in [5.74, 6) is 0.470. The summed E-state index contributed by atoms with van der Waals surface area (Å²) in [6.07, 6.45) is 4.37. The zero-order chi connectivity index (χ0) is 19.4. The molecule has 0 saturated heterocycles. The van der Waals surface area contributed by atoms with Crippen molar-refractivity contribution in [2.45, 2.75) is 32.7 Å². The molecule has 27 heavy (non-hydrogen) atoms. The van der Waals surface area contributed by atoms with Crippen molar-refractivity contribution in [3.63, 3.8) is 0 Å². The number of benzene rings is 1. The number of rotatable bonds is 7. The van der Waals surface area contributed by atoms with Crippen LogP contribution in [0, 0.1) is 0 Å². The molecule has 0 unspecified atom stereocenters. The summed E-state index contributed by atoms with van der Waals surface area (Å²) in [5, 5.41) is 13.9. The van der Waals surface area contributed by atoms with E-state index in [0.717, 1.165) is 19.3 Å². The molecule has 142 valence electrons. The van der Waals surface area contributed by atoms with Gasteiger partial charge in [0.15, 0.2) is 11.2 Å². The normalized spacial score (nSPS) is 11.5. The number of hydrogen-bond donors (Lipinski definition) is 3. The number of hydrazone groups is 1. The molecule has 0 aliphatic rings. The Bertz CT molecular complexity index is 1090. The summed E-state index contributed by atoms with van der Waals surface area (Å²) < 4.78 is 3.02. The number of aromatic nitrogens is 4. The SMILES string of the molecule is CCCCCn1c(N/N=C\c2ccccc2O)nc2c1c(=O)[nH]c(=O)n2C. The van der Waals surface area contributed by atoms with Crippen LogP contribution in [0.4, 0.5) is 5.95 Å². The number of nitrogens with one attached hydrogen (secondary N) is 2. The molecule has 0 amide bonds. The fraction of sp³-hybridized carbons (Fsp3) is 0.333. The van der Waals surface area contributed by atoms with Crippen LogP contribution >= 0.6 is 0 Å². The van der Waals surface area contributed by atoms with Crippen LogP contribution in [0.2, 0.25) is 0 Å². The van der Waals surface area contributed by atoms with Gasteiger partial charge in [0.25, 0.3) is 5.56 Å². The third-order valence-electron chi connectivity index (χ3n) is 4.30. The average Bonchev–Trinajstić information content (AvgIpc) is 3.01. The van der Waals surface area contributed by atoms with E-state index in [-0.39, 0.29) is 5.75 Å². The lowest BCUT2D eigenvalue weighted by Crippen LogP contribution is -2.29.